The largest absolute Gasteiger partial charge is 0.458 e. The van der Waals surface area contributed by atoms with Crippen molar-refractivity contribution in [2.45, 2.75) is 19.4 Å². The normalized spacial score (nSPS) is 11.7. The van der Waals surface area contributed by atoms with Gasteiger partial charge in [-0.2, -0.15) is 11.3 Å². The quantitative estimate of drug-likeness (QED) is 0.831. The van der Waals surface area contributed by atoms with Gasteiger partial charge in [-0.3, -0.25) is 9.59 Å². The van der Waals surface area contributed by atoms with Crippen molar-refractivity contribution in [2.24, 2.45) is 0 Å². The number of amides is 1. The molecule has 0 aliphatic carbocycles. The van der Waals surface area contributed by atoms with Crippen LogP contribution in [0.4, 0.5) is 4.39 Å². The summed E-state index contributed by atoms with van der Waals surface area (Å²) in [6.45, 7) is 1.87. The standard InChI is InChI=1S/C16H16FNO3S/c1-11(12-3-2-4-14(17)9-12)21-15(19)5-7-18-16(20)13-6-8-22-10-13/h2-4,6,8-11H,5,7H2,1H3,(H,18,20). The number of carbonyl (C=O) groups is 2. The summed E-state index contributed by atoms with van der Waals surface area (Å²) in [5.74, 6) is -1.03. The summed E-state index contributed by atoms with van der Waals surface area (Å²) < 4.78 is 18.3. The highest BCUT2D eigenvalue weighted by molar-refractivity contribution is 7.08. The molecule has 1 unspecified atom stereocenters. The van der Waals surface area contributed by atoms with Crippen LogP contribution in [0.1, 0.15) is 35.4 Å². The fourth-order valence-electron chi connectivity index (χ4n) is 1.86. The van der Waals surface area contributed by atoms with Gasteiger partial charge >= 0.3 is 5.97 Å². The van der Waals surface area contributed by atoms with Crippen molar-refractivity contribution in [3.63, 3.8) is 0 Å². The van der Waals surface area contributed by atoms with Crippen LogP contribution in [0, 0.1) is 5.82 Å². The molecule has 0 spiro atoms. The molecule has 22 heavy (non-hydrogen) atoms. The average molecular weight is 321 g/mol. The van der Waals surface area contributed by atoms with E-state index < -0.39 is 12.1 Å². The number of rotatable bonds is 6. The average Bonchev–Trinajstić information content (AvgIpc) is 3.01. The molecular formula is C16H16FNO3S. The van der Waals surface area contributed by atoms with Crippen LogP contribution in [-0.2, 0) is 9.53 Å². The minimum atomic E-state index is -0.532. The van der Waals surface area contributed by atoms with Gasteiger partial charge in [0.1, 0.15) is 11.9 Å². The molecular weight excluding hydrogens is 305 g/mol. The van der Waals surface area contributed by atoms with Crippen LogP contribution in [0.2, 0.25) is 0 Å². The van der Waals surface area contributed by atoms with E-state index in [1.807, 2.05) is 5.38 Å². The molecule has 116 valence electrons. The number of hydrogen-bond donors (Lipinski definition) is 1. The van der Waals surface area contributed by atoms with Crippen LogP contribution in [0.15, 0.2) is 41.1 Å². The maximum absolute atomic E-state index is 13.1. The second kappa shape index (κ2) is 7.70. The molecule has 1 N–H and O–H groups in total. The molecule has 0 saturated heterocycles. The monoisotopic (exact) mass is 321 g/mol. The highest BCUT2D eigenvalue weighted by Crippen LogP contribution is 2.18. The summed E-state index contributed by atoms with van der Waals surface area (Å²) >= 11 is 1.43. The van der Waals surface area contributed by atoms with Gasteiger partial charge < -0.3 is 10.1 Å². The second-order valence-corrected chi connectivity index (χ2v) is 5.49. The first kappa shape index (κ1) is 16.2. The van der Waals surface area contributed by atoms with Crippen molar-refractivity contribution in [1.82, 2.24) is 5.32 Å². The maximum Gasteiger partial charge on any atom is 0.308 e. The van der Waals surface area contributed by atoms with Crippen LogP contribution < -0.4 is 5.32 Å². The SMILES string of the molecule is CC(OC(=O)CCNC(=O)c1ccsc1)c1cccc(F)c1. The predicted octanol–water partition coefficient (Wildman–Crippen LogP) is 3.31. The lowest BCUT2D eigenvalue weighted by Crippen LogP contribution is -2.26. The van der Waals surface area contributed by atoms with Crippen molar-refractivity contribution in [1.29, 1.82) is 0 Å². The highest BCUT2D eigenvalue weighted by atomic mass is 32.1. The molecule has 1 aromatic carbocycles. The van der Waals surface area contributed by atoms with Crippen molar-refractivity contribution in [2.75, 3.05) is 6.54 Å². The second-order valence-electron chi connectivity index (χ2n) is 4.71. The van der Waals surface area contributed by atoms with Gasteiger partial charge in [-0.1, -0.05) is 12.1 Å². The van der Waals surface area contributed by atoms with E-state index in [4.69, 9.17) is 4.74 Å². The van der Waals surface area contributed by atoms with Crippen LogP contribution in [0.25, 0.3) is 0 Å². The number of thiophene rings is 1. The molecule has 0 aliphatic heterocycles. The van der Waals surface area contributed by atoms with E-state index in [0.717, 1.165) is 0 Å². The zero-order valence-corrected chi connectivity index (χ0v) is 12.9. The first-order valence-corrected chi connectivity index (χ1v) is 7.76. The van der Waals surface area contributed by atoms with E-state index in [1.54, 1.807) is 30.5 Å². The van der Waals surface area contributed by atoms with E-state index in [9.17, 15) is 14.0 Å². The Labute approximate surface area is 131 Å². The van der Waals surface area contributed by atoms with E-state index in [-0.39, 0.29) is 24.7 Å². The molecule has 0 fully saturated rings. The fourth-order valence-corrected chi connectivity index (χ4v) is 2.49. The van der Waals surface area contributed by atoms with Gasteiger partial charge in [0.05, 0.1) is 6.42 Å². The lowest BCUT2D eigenvalue weighted by molar-refractivity contribution is -0.148. The summed E-state index contributed by atoms with van der Waals surface area (Å²) in [6.07, 6.45) is -0.467. The van der Waals surface area contributed by atoms with Gasteiger partial charge in [-0.15, -0.1) is 0 Å². The molecule has 1 aromatic heterocycles. The minimum absolute atomic E-state index is 0.0650. The van der Waals surface area contributed by atoms with E-state index in [2.05, 4.69) is 5.32 Å². The van der Waals surface area contributed by atoms with Crippen molar-refractivity contribution in [3.8, 4) is 0 Å². The van der Waals surface area contributed by atoms with Crippen molar-refractivity contribution < 1.29 is 18.7 Å². The predicted molar refractivity (Wildman–Crippen MR) is 82.2 cm³/mol. The van der Waals surface area contributed by atoms with Gasteiger partial charge in [0.15, 0.2) is 0 Å². The zero-order chi connectivity index (χ0) is 15.9. The van der Waals surface area contributed by atoms with E-state index >= 15 is 0 Å². The zero-order valence-electron chi connectivity index (χ0n) is 12.0. The third kappa shape index (κ3) is 4.66. The Balaban J connectivity index is 1.75. The van der Waals surface area contributed by atoms with Gasteiger partial charge in [-0.05, 0) is 36.1 Å². The lowest BCUT2D eigenvalue weighted by Gasteiger charge is -2.13. The van der Waals surface area contributed by atoms with Gasteiger partial charge in [0, 0.05) is 17.5 Å². The molecule has 1 heterocycles. The third-order valence-corrected chi connectivity index (χ3v) is 3.71. The Morgan fingerprint density at radius 3 is 2.86 bits per heavy atom. The summed E-state index contributed by atoms with van der Waals surface area (Å²) in [7, 11) is 0. The van der Waals surface area contributed by atoms with Gasteiger partial charge in [0.25, 0.3) is 5.91 Å². The van der Waals surface area contributed by atoms with E-state index in [0.29, 0.717) is 11.1 Å². The number of carbonyl (C=O) groups excluding carboxylic acids is 2. The number of esters is 1. The minimum Gasteiger partial charge on any atom is -0.458 e. The number of benzene rings is 1. The maximum atomic E-state index is 13.1. The molecule has 0 aliphatic rings. The molecule has 0 bridgehead atoms. The molecule has 2 aromatic rings. The topological polar surface area (TPSA) is 55.4 Å². The van der Waals surface area contributed by atoms with Gasteiger partial charge in [0.2, 0.25) is 0 Å². The Hall–Kier alpha value is -2.21. The molecule has 0 saturated carbocycles. The Kier molecular flexibility index (Phi) is 5.66. The van der Waals surface area contributed by atoms with Gasteiger partial charge in [-0.25, -0.2) is 4.39 Å². The number of ether oxygens (including phenoxy) is 1. The smallest absolute Gasteiger partial charge is 0.308 e. The molecule has 0 radical (unpaired) electrons. The summed E-state index contributed by atoms with van der Waals surface area (Å²) in [4.78, 5) is 23.4. The number of halogens is 1. The third-order valence-electron chi connectivity index (χ3n) is 3.02. The van der Waals surface area contributed by atoms with E-state index in [1.165, 1.54) is 23.5 Å². The van der Waals surface area contributed by atoms with Crippen LogP contribution in [0.5, 0.6) is 0 Å². The molecule has 1 atom stereocenters. The molecule has 1 amide bonds. The molecule has 2 rings (SSSR count). The summed E-state index contributed by atoms with van der Waals surface area (Å²) in [5, 5.41) is 6.19. The first-order chi connectivity index (χ1) is 10.6. The van der Waals surface area contributed by atoms with Crippen molar-refractivity contribution in [3.05, 3.63) is 58.0 Å². The number of nitrogens with one attached hydrogen (secondary N) is 1. The lowest BCUT2D eigenvalue weighted by atomic mass is 10.1. The highest BCUT2D eigenvalue weighted by Gasteiger charge is 2.13. The van der Waals surface area contributed by atoms with Crippen LogP contribution in [0.3, 0.4) is 0 Å². The Morgan fingerprint density at radius 1 is 1.36 bits per heavy atom. The van der Waals surface area contributed by atoms with Crippen molar-refractivity contribution >= 4 is 23.2 Å². The molecule has 4 nitrogen and oxygen atoms in total. The Bertz CT molecular complexity index is 643. The summed E-state index contributed by atoms with van der Waals surface area (Å²) in [6, 6.07) is 7.63. The fraction of sp³-hybridized carbons (Fsp3) is 0.250. The van der Waals surface area contributed by atoms with Crippen LogP contribution >= 0.6 is 11.3 Å². The Morgan fingerprint density at radius 2 is 2.18 bits per heavy atom. The summed E-state index contributed by atoms with van der Waals surface area (Å²) in [5.41, 5.74) is 1.17. The van der Waals surface area contributed by atoms with Crippen LogP contribution in [-0.4, -0.2) is 18.4 Å². The first-order valence-electron chi connectivity index (χ1n) is 6.81. The number of hydrogen-bond acceptors (Lipinski definition) is 4. The molecule has 6 heteroatoms.